The smallest absolute Gasteiger partial charge is 0.214 e. The molecule has 0 saturated carbocycles. The number of rotatable bonds is 1. The summed E-state index contributed by atoms with van der Waals surface area (Å²) in [6.45, 7) is 4.32. The zero-order valence-corrected chi connectivity index (χ0v) is 14.7. The fourth-order valence-electron chi connectivity index (χ4n) is 4.02. The van der Waals surface area contributed by atoms with Crippen molar-refractivity contribution < 1.29 is 4.57 Å². The Labute approximate surface area is 147 Å². The Morgan fingerprint density at radius 1 is 1.04 bits per heavy atom. The predicted molar refractivity (Wildman–Crippen MR) is 100.0 cm³/mol. The molecule has 0 N–H and O–H groups in total. The Morgan fingerprint density at radius 3 is 2.72 bits per heavy atom. The van der Waals surface area contributed by atoms with Crippen molar-refractivity contribution in [2.75, 3.05) is 0 Å². The van der Waals surface area contributed by atoms with Crippen molar-refractivity contribution in [3.05, 3.63) is 77.2 Å². The second-order valence-electron chi connectivity index (χ2n) is 7.03. The van der Waals surface area contributed by atoms with E-state index in [1.807, 2.05) is 0 Å². The van der Waals surface area contributed by atoms with Crippen LogP contribution in [0.15, 0.2) is 54.7 Å². The number of hydrogen-bond acceptors (Lipinski definition) is 1. The van der Waals surface area contributed by atoms with Crippen LogP contribution in [-0.4, -0.2) is 9.55 Å². The maximum atomic E-state index is 4.88. The van der Waals surface area contributed by atoms with Gasteiger partial charge in [0.25, 0.3) is 0 Å². The zero-order chi connectivity index (χ0) is 17.1. The van der Waals surface area contributed by atoms with Crippen molar-refractivity contribution in [2.45, 2.75) is 20.3 Å². The average Bonchev–Trinajstić information content (AvgIpc) is 3.10. The Hall–Kier alpha value is -2.94. The SMILES string of the molecule is Cc1ccc(-c2cc3c(c[n+]2C)nc2n3-c3ccccc3C2)c(C)c1. The van der Waals surface area contributed by atoms with Crippen LogP contribution in [0.1, 0.15) is 22.5 Å². The fraction of sp³-hybridized carbons (Fsp3) is 0.182. The van der Waals surface area contributed by atoms with Crippen molar-refractivity contribution in [3.63, 3.8) is 0 Å². The van der Waals surface area contributed by atoms with Crippen LogP contribution < -0.4 is 4.57 Å². The van der Waals surface area contributed by atoms with Crippen molar-refractivity contribution >= 4 is 11.0 Å². The van der Waals surface area contributed by atoms with Crippen LogP contribution in [0.5, 0.6) is 0 Å². The summed E-state index contributed by atoms with van der Waals surface area (Å²) in [4.78, 5) is 4.88. The molecule has 0 spiro atoms. The van der Waals surface area contributed by atoms with Gasteiger partial charge in [-0.15, -0.1) is 0 Å². The van der Waals surface area contributed by atoms with E-state index < -0.39 is 0 Å². The van der Waals surface area contributed by atoms with E-state index in [1.54, 1.807) is 0 Å². The molecule has 5 rings (SSSR count). The monoisotopic (exact) mass is 326 g/mol. The van der Waals surface area contributed by atoms with Crippen LogP contribution >= 0.6 is 0 Å². The second kappa shape index (κ2) is 5.03. The summed E-state index contributed by atoms with van der Waals surface area (Å²) in [5.74, 6) is 1.13. The average molecular weight is 326 g/mol. The van der Waals surface area contributed by atoms with E-state index >= 15 is 0 Å². The molecule has 0 amide bonds. The lowest BCUT2D eigenvalue weighted by Crippen LogP contribution is -2.30. The first-order valence-corrected chi connectivity index (χ1v) is 8.69. The lowest BCUT2D eigenvalue weighted by molar-refractivity contribution is -0.659. The van der Waals surface area contributed by atoms with E-state index in [2.05, 4.69) is 84.8 Å². The van der Waals surface area contributed by atoms with Gasteiger partial charge in [0.05, 0.1) is 11.2 Å². The fourth-order valence-corrected chi connectivity index (χ4v) is 4.02. The standard InChI is InChI=1S/C22H20N3/c1-14-8-9-17(15(2)10-14)20-12-21-18(13-24(20)3)23-22-11-16-6-4-5-7-19(16)25(21)22/h4-10,12-13H,11H2,1-3H3/q+1. The lowest BCUT2D eigenvalue weighted by Gasteiger charge is -2.07. The van der Waals surface area contributed by atoms with Gasteiger partial charge in [-0.05, 0) is 37.1 Å². The van der Waals surface area contributed by atoms with Crippen LogP contribution in [0.3, 0.4) is 0 Å². The highest BCUT2D eigenvalue weighted by molar-refractivity contribution is 5.82. The molecule has 0 radical (unpaired) electrons. The summed E-state index contributed by atoms with van der Waals surface area (Å²) in [5.41, 5.74) is 9.96. The quantitative estimate of drug-likeness (QED) is 0.426. The zero-order valence-electron chi connectivity index (χ0n) is 14.7. The van der Waals surface area contributed by atoms with Crippen molar-refractivity contribution in [1.82, 2.24) is 9.55 Å². The molecule has 0 saturated heterocycles. The maximum absolute atomic E-state index is 4.88. The van der Waals surface area contributed by atoms with Crippen LogP contribution in [0, 0.1) is 13.8 Å². The van der Waals surface area contributed by atoms with Gasteiger partial charge in [0.15, 0.2) is 11.7 Å². The van der Waals surface area contributed by atoms with E-state index in [4.69, 9.17) is 4.98 Å². The number of nitrogens with zero attached hydrogens (tertiary/aromatic N) is 3. The molecule has 0 aliphatic carbocycles. The number of benzene rings is 2. The van der Waals surface area contributed by atoms with Gasteiger partial charge in [-0.3, -0.25) is 4.57 Å². The Balaban J connectivity index is 1.79. The number of hydrogen-bond donors (Lipinski definition) is 0. The van der Waals surface area contributed by atoms with Crippen molar-refractivity contribution in [2.24, 2.45) is 7.05 Å². The van der Waals surface area contributed by atoms with E-state index in [9.17, 15) is 0 Å². The number of imidazole rings is 1. The highest BCUT2D eigenvalue weighted by Gasteiger charge is 2.25. The van der Waals surface area contributed by atoms with Crippen LogP contribution in [0.4, 0.5) is 0 Å². The Kier molecular flexibility index (Phi) is 2.90. The first kappa shape index (κ1) is 14.4. The predicted octanol–water partition coefficient (Wildman–Crippen LogP) is 4.04. The molecule has 0 atom stereocenters. The number of para-hydroxylation sites is 1. The molecule has 0 unspecified atom stereocenters. The van der Waals surface area contributed by atoms with Gasteiger partial charge >= 0.3 is 0 Å². The molecule has 3 heterocycles. The number of pyridine rings is 1. The lowest BCUT2D eigenvalue weighted by atomic mass is 10.0. The number of aryl methyl sites for hydroxylation is 3. The van der Waals surface area contributed by atoms with Gasteiger partial charge in [-0.25, -0.2) is 4.98 Å². The molecule has 0 bridgehead atoms. The van der Waals surface area contributed by atoms with Gasteiger partial charge in [0, 0.05) is 18.1 Å². The molecule has 1 aliphatic heterocycles. The third-order valence-corrected chi connectivity index (χ3v) is 5.22. The Morgan fingerprint density at radius 2 is 1.88 bits per heavy atom. The van der Waals surface area contributed by atoms with Gasteiger partial charge in [0.1, 0.15) is 12.9 Å². The molecule has 0 fully saturated rings. The van der Waals surface area contributed by atoms with Gasteiger partial charge < -0.3 is 0 Å². The number of fused-ring (bicyclic) bond motifs is 5. The first-order chi connectivity index (χ1) is 12.1. The van der Waals surface area contributed by atoms with Gasteiger partial charge in [-0.2, -0.15) is 4.57 Å². The maximum Gasteiger partial charge on any atom is 0.214 e. The van der Waals surface area contributed by atoms with Crippen LogP contribution in [0.2, 0.25) is 0 Å². The minimum absolute atomic E-state index is 0.910. The molecule has 3 heteroatoms. The first-order valence-electron chi connectivity index (χ1n) is 8.69. The minimum atomic E-state index is 0.910. The van der Waals surface area contributed by atoms with Crippen molar-refractivity contribution in [1.29, 1.82) is 0 Å². The summed E-state index contributed by atoms with van der Waals surface area (Å²) in [7, 11) is 2.10. The van der Waals surface area contributed by atoms with Crippen LogP contribution in [0.25, 0.3) is 28.0 Å². The van der Waals surface area contributed by atoms with E-state index in [1.165, 1.54) is 39.2 Å². The molecule has 3 nitrogen and oxygen atoms in total. The Bertz CT molecular complexity index is 1150. The molecular weight excluding hydrogens is 306 g/mol. The third kappa shape index (κ3) is 2.05. The summed E-state index contributed by atoms with van der Waals surface area (Å²) in [6, 6.07) is 17.5. The van der Waals surface area contributed by atoms with Gasteiger partial charge in [-0.1, -0.05) is 35.9 Å². The summed E-state index contributed by atoms with van der Waals surface area (Å²) in [5, 5.41) is 0. The third-order valence-electron chi connectivity index (χ3n) is 5.22. The normalized spacial score (nSPS) is 12.4. The molecule has 2 aromatic carbocycles. The van der Waals surface area contributed by atoms with E-state index in [-0.39, 0.29) is 0 Å². The second-order valence-corrected chi connectivity index (χ2v) is 7.03. The summed E-state index contributed by atoms with van der Waals surface area (Å²) < 4.78 is 4.51. The molecular formula is C22H20N3+. The minimum Gasteiger partial charge on any atom is -0.295 e. The van der Waals surface area contributed by atoms with E-state index in [0.29, 0.717) is 0 Å². The molecule has 122 valence electrons. The highest BCUT2D eigenvalue weighted by Crippen LogP contribution is 2.33. The van der Waals surface area contributed by atoms with Gasteiger partial charge in [0.2, 0.25) is 5.69 Å². The van der Waals surface area contributed by atoms with Crippen molar-refractivity contribution in [3.8, 4) is 16.9 Å². The summed E-state index contributed by atoms with van der Waals surface area (Å²) in [6.07, 6.45) is 3.06. The molecule has 4 aromatic rings. The molecule has 2 aromatic heterocycles. The van der Waals surface area contributed by atoms with Crippen LogP contribution in [-0.2, 0) is 13.5 Å². The topological polar surface area (TPSA) is 21.7 Å². The largest absolute Gasteiger partial charge is 0.295 e. The van der Waals surface area contributed by atoms with E-state index in [0.717, 1.165) is 17.8 Å². The molecule has 25 heavy (non-hydrogen) atoms. The number of aromatic nitrogens is 3. The summed E-state index contributed by atoms with van der Waals surface area (Å²) >= 11 is 0. The highest BCUT2D eigenvalue weighted by atomic mass is 15.1. The molecule has 1 aliphatic rings.